The Morgan fingerprint density at radius 2 is 1.95 bits per heavy atom. The minimum Gasteiger partial charge on any atom is -0.484 e. The van der Waals surface area contributed by atoms with Gasteiger partial charge in [0.1, 0.15) is 16.8 Å². The fourth-order valence-electron chi connectivity index (χ4n) is 1.89. The number of hydrogen-bond donors (Lipinski definition) is 1. The first-order valence-electron chi connectivity index (χ1n) is 6.03. The van der Waals surface area contributed by atoms with E-state index in [1.807, 2.05) is 30.3 Å². The van der Waals surface area contributed by atoms with Gasteiger partial charge in [0.25, 0.3) is 0 Å². The molecule has 5 nitrogen and oxygen atoms in total. The molecule has 0 aliphatic rings. The van der Waals surface area contributed by atoms with Gasteiger partial charge in [0.15, 0.2) is 12.2 Å². The number of carbonyl (C=O) groups is 1. The summed E-state index contributed by atoms with van der Waals surface area (Å²) >= 11 is 0. The van der Waals surface area contributed by atoms with Crippen LogP contribution in [0.4, 0.5) is 0 Å². The Morgan fingerprint density at radius 3 is 2.70 bits per heavy atom. The monoisotopic (exact) mass is 269 g/mol. The van der Waals surface area contributed by atoms with Crippen molar-refractivity contribution in [2.24, 2.45) is 0 Å². The van der Waals surface area contributed by atoms with Gasteiger partial charge in [0.2, 0.25) is 5.89 Å². The summed E-state index contributed by atoms with van der Waals surface area (Å²) in [5.41, 5.74) is 0.879. The largest absolute Gasteiger partial charge is 0.484 e. The normalized spacial score (nSPS) is 10.6. The maximum Gasteiger partial charge on any atom is 0.339 e. The van der Waals surface area contributed by atoms with E-state index in [0.29, 0.717) is 17.2 Å². The summed E-state index contributed by atoms with van der Waals surface area (Å²) in [5.74, 6) is 0.00745. The molecule has 0 bridgehead atoms. The number of hydrogen-bond acceptors (Lipinski definition) is 4. The molecule has 100 valence electrons. The molecule has 0 spiro atoms. The van der Waals surface area contributed by atoms with E-state index in [1.165, 1.54) is 6.07 Å². The van der Waals surface area contributed by atoms with Gasteiger partial charge in [0, 0.05) is 0 Å². The van der Waals surface area contributed by atoms with Crippen LogP contribution in [0, 0.1) is 0 Å². The first-order chi connectivity index (χ1) is 9.74. The number of para-hydroxylation sites is 2. The highest BCUT2D eigenvalue weighted by Crippen LogP contribution is 2.21. The maximum atomic E-state index is 11.1. The van der Waals surface area contributed by atoms with Crippen molar-refractivity contribution in [3.63, 3.8) is 0 Å². The standard InChI is InChI=1S/C15H11NO4/c17-15(18)11-7-4-8-12-14(11)20-13(16-12)9-19-10-5-2-1-3-6-10/h1-8H,9H2,(H,17,18). The van der Waals surface area contributed by atoms with Crippen molar-refractivity contribution in [3.8, 4) is 5.75 Å². The predicted molar refractivity (Wildman–Crippen MR) is 71.7 cm³/mol. The minimum atomic E-state index is -1.04. The second kappa shape index (κ2) is 5.05. The smallest absolute Gasteiger partial charge is 0.339 e. The SMILES string of the molecule is O=C(O)c1cccc2nc(COc3ccccc3)oc12. The van der Waals surface area contributed by atoms with Crippen LogP contribution in [0.15, 0.2) is 52.9 Å². The second-order valence-corrected chi connectivity index (χ2v) is 4.17. The highest BCUT2D eigenvalue weighted by molar-refractivity contribution is 5.99. The third-order valence-electron chi connectivity index (χ3n) is 2.80. The summed E-state index contributed by atoms with van der Waals surface area (Å²) in [7, 11) is 0. The molecule has 3 rings (SSSR count). The number of oxazole rings is 1. The number of carboxylic acids is 1. The van der Waals surface area contributed by atoms with Gasteiger partial charge in [-0.15, -0.1) is 0 Å². The molecule has 5 heteroatoms. The average Bonchev–Trinajstić information content (AvgIpc) is 2.88. The molecule has 0 amide bonds. The first-order valence-corrected chi connectivity index (χ1v) is 6.03. The van der Waals surface area contributed by atoms with Gasteiger partial charge in [-0.3, -0.25) is 0 Å². The Morgan fingerprint density at radius 1 is 1.15 bits per heavy atom. The molecular formula is C15H11NO4. The van der Waals surface area contributed by atoms with Crippen LogP contribution in [0.5, 0.6) is 5.75 Å². The van der Waals surface area contributed by atoms with Gasteiger partial charge in [-0.25, -0.2) is 9.78 Å². The Hall–Kier alpha value is -2.82. The highest BCUT2D eigenvalue weighted by Gasteiger charge is 2.14. The molecular weight excluding hydrogens is 258 g/mol. The number of benzene rings is 2. The van der Waals surface area contributed by atoms with Crippen LogP contribution in [0.25, 0.3) is 11.1 Å². The van der Waals surface area contributed by atoms with Gasteiger partial charge in [-0.05, 0) is 24.3 Å². The number of carboxylic acid groups (broad SMARTS) is 1. The van der Waals surface area contributed by atoms with Crippen molar-refractivity contribution >= 4 is 17.1 Å². The molecule has 0 fully saturated rings. The summed E-state index contributed by atoms with van der Waals surface area (Å²) in [6.45, 7) is 0.151. The highest BCUT2D eigenvalue weighted by atomic mass is 16.5. The fourth-order valence-corrected chi connectivity index (χ4v) is 1.89. The van der Waals surface area contributed by atoms with Gasteiger partial charge < -0.3 is 14.3 Å². The van der Waals surface area contributed by atoms with Crippen LogP contribution in [0.1, 0.15) is 16.2 Å². The first kappa shape index (κ1) is 12.2. The van der Waals surface area contributed by atoms with Crippen LogP contribution < -0.4 is 4.74 Å². The molecule has 0 aliphatic carbocycles. The molecule has 0 unspecified atom stereocenters. The van der Waals surface area contributed by atoms with Crippen LogP contribution in [0.2, 0.25) is 0 Å². The number of nitrogens with zero attached hydrogens (tertiary/aromatic N) is 1. The molecule has 0 saturated heterocycles. The van der Waals surface area contributed by atoms with E-state index in [2.05, 4.69) is 4.98 Å². The van der Waals surface area contributed by atoms with Crippen molar-refractivity contribution in [2.45, 2.75) is 6.61 Å². The Bertz CT molecular complexity index is 749. The maximum absolute atomic E-state index is 11.1. The van der Waals surface area contributed by atoms with E-state index >= 15 is 0 Å². The molecule has 1 N–H and O–H groups in total. The minimum absolute atomic E-state index is 0.0981. The predicted octanol–water partition coefficient (Wildman–Crippen LogP) is 3.11. The van der Waals surface area contributed by atoms with Crippen LogP contribution in [-0.4, -0.2) is 16.1 Å². The lowest BCUT2D eigenvalue weighted by atomic mass is 10.2. The van der Waals surface area contributed by atoms with E-state index < -0.39 is 5.97 Å². The van der Waals surface area contributed by atoms with Gasteiger partial charge in [0.05, 0.1) is 0 Å². The van der Waals surface area contributed by atoms with Gasteiger partial charge in [-0.1, -0.05) is 24.3 Å². The Balaban J connectivity index is 1.86. The Labute approximate surface area is 114 Å². The lowest BCUT2D eigenvalue weighted by Crippen LogP contribution is -1.95. The van der Waals surface area contributed by atoms with Gasteiger partial charge >= 0.3 is 5.97 Å². The van der Waals surface area contributed by atoms with E-state index in [0.717, 1.165) is 0 Å². The Kier molecular flexibility index (Phi) is 3.09. The van der Waals surface area contributed by atoms with E-state index in [9.17, 15) is 4.79 Å². The number of ether oxygens (including phenoxy) is 1. The molecule has 0 aliphatic heterocycles. The second-order valence-electron chi connectivity index (χ2n) is 4.17. The molecule has 20 heavy (non-hydrogen) atoms. The van der Waals surface area contributed by atoms with E-state index in [4.69, 9.17) is 14.3 Å². The van der Waals surface area contributed by atoms with Crippen LogP contribution >= 0.6 is 0 Å². The molecule has 1 heterocycles. The van der Waals surface area contributed by atoms with Gasteiger partial charge in [-0.2, -0.15) is 0 Å². The zero-order valence-electron chi connectivity index (χ0n) is 10.4. The summed E-state index contributed by atoms with van der Waals surface area (Å²) in [5, 5.41) is 9.08. The molecule has 3 aromatic rings. The number of rotatable bonds is 4. The van der Waals surface area contributed by atoms with E-state index in [1.54, 1.807) is 12.1 Å². The van der Waals surface area contributed by atoms with Crippen LogP contribution in [0.3, 0.4) is 0 Å². The molecule has 0 radical (unpaired) electrons. The molecule has 2 aromatic carbocycles. The van der Waals surface area contributed by atoms with Crippen molar-refractivity contribution < 1.29 is 19.1 Å². The average molecular weight is 269 g/mol. The summed E-state index contributed by atoms with van der Waals surface area (Å²) in [6, 6.07) is 14.1. The number of aromatic carboxylic acids is 1. The topological polar surface area (TPSA) is 72.6 Å². The lowest BCUT2D eigenvalue weighted by molar-refractivity contribution is 0.0697. The summed E-state index contributed by atoms with van der Waals surface area (Å²) in [6.07, 6.45) is 0. The fraction of sp³-hybridized carbons (Fsp3) is 0.0667. The third kappa shape index (κ3) is 2.33. The van der Waals surface area contributed by atoms with Crippen molar-refractivity contribution in [2.75, 3.05) is 0 Å². The number of fused-ring (bicyclic) bond motifs is 1. The zero-order chi connectivity index (χ0) is 13.9. The molecule has 0 atom stereocenters. The molecule has 1 aromatic heterocycles. The third-order valence-corrected chi connectivity index (χ3v) is 2.80. The van der Waals surface area contributed by atoms with E-state index in [-0.39, 0.29) is 17.8 Å². The zero-order valence-corrected chi connectivity index (χ0v) is 10.4. The van der Waals surface area contributed by atoms with Crippen molar-refractivity contribution in [1.82, 2.24) is 4.98 Å². The molecule has 0 saturated carbocycles. The van der Waals surface area contributed by atoms with Crippen LogP contribution in [-0.2, 0) is 6.61 Å². The van der Waals surface area contributed by atoms with Crippen molar-refractivity contribution in [3.05, 3.63) is 60.0 Å². The summed E-state index contributed by atoms with van der Waals surface area (Å²) < 4.78 is 11.0. The number of aromatic nitrogens is 1. The summed E-state index contributed by atoms with van der Waals surface area (Å²) in [4.78, 5) is 15.3. The van der Waals surface area contributed by atoms with Crippen molar-refractivity contribution in [1.29, 1.82) is 0 Å². The quantitative estimate of drug-likeness (QED) is 0.787. The lowest BCUT2D eigenvalue weighted by Gasteiger charge is -2.01.